The third-order valence-electron chi connectivity index (χ3n) is 5.06. The summed E-state index contributed by atoms with van der Waals surface area (Å²) >= 11 is 1.75. The molecule has 1 saturated heterocycles. The van der Waals surface area contributed by atoms with Crippen LogP contribution in [0.25, 0.3) is 4.83 Å². The minimum atomic E-state index is 0.0878. The number of rotatable bonds is 2. The van der Waals surface area contributed by atoms with Crippen LogP contribution in [0.5, 0.6) is 0 Å². The summed E-state index contributed by atoms with van der Waals surface area (Å²) in [5.74, 6) is 1.43. The van der Waals surface area contributed by atoms with Crippen LogP contribution in [0.4, 0.5) is 0 Å². The van der Waals surface area contributed by atoms with E-state index in [4.69, 9.17) is 4.98 Å². The van der Waals surface area contributed by atoms with Gasteiger partial charge in [-0.3, -0.25) is 13.9 Å². The van der Waals surface area contributed by atoms with Gasteiger partial charge in [0.2, 0.25) is 0 Å². The van der Waals surface area contributed by atoms with Gasteiger partial charge < -0.3 is 4.90 Å². The number of imidazole rings is 1. The first-order valence-electron chi connectivity index (χ1n) is 8.68. The van der Waals surface area contributed by atoms with Gasteiger partial charge >= 0.3 is 0 Å². The lowest BCUT2D eigenvalue weighted by Crippen LogP contribution is -2.39. The zero-order valence-electron chi connectivity index (χ0n) is 15.1. The van der Waals surface area contributed by atoms with Gasteiger partial charge in [0.05, 0.1) is 17.0 Å². The predicted octanol–water partition coefficient (Wildman–Crippen LogP) is 3.07. The van der Waals surface area contributed by atoms with Crippen LogP contribution in [-0.2, 0) is 7.05 Å². The van der Waals surface area contributed by atoms with E-state index in [-0.39, 0.29) is 5.91 Å². The van der Waals surface area contributed by atoms with Gasteiger partial charge in [-0.15, -0.1) is 11.3 Å². The molecule has 6 nitrogen and oxygen atoms in total. The fourth-order valence-electron chi connectivity index (χ4n) is 3.89. The molecule has 25 heavy (non-hydrogen) atoms. The molecule has 3 aromatic heterocycles. The van der Waals surface area contributed by atoms with Crippen molar-refractivity contribution in [2.75, 3.05) is 13.1 Å². The van der Waals surface area contributed by atoms with E-state index in [1.807, 2.05) is 25.1 Å². The number of hydrogen-bond donors (Lipinski definition) is 0. The quantitative estimate of drug-likeness (QED) is 0.708. The zero-order valence-corrected chi connectivity index (χ0v) is 15.9. The van der Waals surface area contributed by atoms with E-state index in [1.165, 1.54) is 10.5 Å². The lowest BCUT2D eigenvalue weighted by atomic mass is 9.94. The van der Waals surface area contributed by atoms with E-state index in [1.54, 1.807) is 16.0 Å². The van der Waals surface area contributed by atoms with Crippen molar-refractivity contribution in [2.24, 2.45) is 7.05 Å². The fourth-order valence-corrected chi connectivity index (χ4v) is 4.99. The molecule has 3 aromatic rings. The second-order valence-electron chi connectivity index (χ2n) is 6.95. The van der Waals surface area contributed by atoms with E-state index >= 15 is 0 Å². The molecule has 0 saturated carbocycles. The Balaban J connectivity index is 1.62. The number of carbonyl (C=O) groups is 1. The molecule has 0 spiro atoms. The van der Waals surface area contributed by atoms with Crippen molar-refractivity contribution in [2.45, 2.75) is 39.5 Å². The third kappa shape index (κ3) is 2.66. The van der Waals surface area contributed by atoms with Crippen molar-refractivity contribution in [3.05, 3.63) is 40.0 Å². The van der Waals surface area contributed by atoms with Crippen LogP contribution >= 0.6 is 11.3 Å². The van der Waals surface area contributed by atoms with Crippen molar-refractivity contribution in [1.82, 2.24) is 24.1 Å². The molecule has 1 aliphatic rings. The number of amides is 1. The maximum absolute atomic E-state index is 12.9. The van der Waals surface area contributed by atoms with Gasteiger partial charge in [-0.2, -0.15) is 5.10 Å². The van der Waals surface area contributed by atoms with Crippen molar-refractivity contribution in [1.29, 1.82) is 0 Å². The molecule has 0 radical (unpaired) electrons. The summed E-state index contributed by atoms with van der Waals surface area (Å²) in [5, 5.41) is 6.49. The first-order chi connectivity index (χ1) is 12.0. The van der Waals surface area contributed by atoms with Crippen LogP contribution in [0.1, 0.15) is 52.0 Å². The van der Waals surface area contributed by atoms with Crippen LogP contribution < -0.4 is 0 Å². The first-order valence-corrected chi connectivity index (χ1v) is 9.56. The Kier molecular flexibility index (Phi) is 3.91. The summed E-state index contributed by atoms with van der Waals surface area (Å²) in [6.45, 7) is 7.61. The highest BCUT2D eigenvalue weighted by molar-refractivity contribution is 7.15. The van der Waals surface area contributed by atoms with Crippen LogP contribution in [0.3, 0.4) is 0 Å². The van der Waals surface area contributed by atoms with Crippen molar-refractivity contribution in [3.63, 3.8) is 0 Å². The van der Waals surface area contributed by atoms with E-state index in [0.717, 1.165) is 43.1 Å². The molecule has 0 N–H and O–H groups in total. The van der Waals surface area contributed by atoms with E-state index in [9.17, 15) is 4.79 Å². The van der Waals surface area contributed by atoms with Crippen molar-refractivity contribution in [3.8, 4) is 0 Å². The molecular weight excluding hydrogens is 334 g/mol. The normalized spacial score (nSPS) is 18.2. The topological polar surface area (TPSA) is 55.4 Å². The first kappa shape index (κ1) is 16.3. The molecule has 0 unspecified atom stereocenters. The number of aromatic nitrogens is 4. The molecule has 4 heterocycles. The Labute approximate surface area is 151 Å². The number of hydrogen-bond acceptors (Lipinski definition) is 4. The predicted molar refractivity (Wildman–Crippen MR) is 98.4 cm³/mol. The van der Waals surface area contributed by atoms with Crippen molar-refractivity contribution < 1.29 is 4.79 Å². The third-order valence-corrected chi connectivity index (χ3v) is 6.13. The number of thiazole rings is 1. The highest BCUT2D eigenvalue weighted by Gasteiger charge is 2.30. The Morgan fingerprint density at radius 2 is 2.12 bits per heavy atom. The van der Waals surface area contributed by atoms with Gasteiger partial charge in [0.15, 0.2) is 0 Å². The summed E-state index contributed by atoms with van der Waals surface area (Å²) in [4.78, 5) is 21.0. The van der Waals surface area contributed by atoms with Crippen LogP contribution in [-0.4, -0.2) is 43.1 Å². The lowest BCUT2D eigenvalue weighted by molar-refractivity contribution is 0.0705. The Bertz CT molecular complexity index is 950. The highest BCUT2D eigenvalue weighted by atomic mass is 32.1. The zero-order chi connectivity index (χ0) is 17.7. The Morgan fingerprint density at radius 3 is 2.84 bits per heavy atom. The second-order valence-corrected chi connectivity index (χ2v) is 7.81. The Hall–Kier alpha value is -2.15. The average Bonchev–Trinajstić information content (AvgIpc) is 3.23. The number of likely N-dealkylation sites (tertiary alicyclic amines) is 1. The van der Waals surface area contributed by atoms with Gasteiger partial charge in [-0.05, 0) is 33.6 Å². The molecule has 0 aromatic carbocycles. The molecule has 0 aliphatic carbocycles. The van der Waals surface area contributed by atoms with E-state index in [2.05, 4.69) is 28.7 Å². The largest absolute Gasteiger partial charge is 0.338 e. The van der Waals surface area contributed by atoms with Crippen LogP contribution in [0.2, 0.25) is 0 Å². The monoisotopic (exact) mass is 357 g/mol. The summed E-state index contributed by atoms with van der Waals surface area (Å²) in [6, 6.07) is 0. The van der Waals surface area contributed by atoms with Gasteiger partial charge in [-0.1, -0.05) is 0 Å². The van der Waals surface area contributed by atoms with E-state index in [0.29, 0.717) is 11.5 Å². The molecule has 1 fully saturated rings. The maximum atomic E-state index is 12.9. The molecule has 132 valence electrons. The summed E-state index contributed by atoms with van der Waals surface area (Å²) in [5.41, 5.74) is 3.88. The van der Waals surface area contributed by atoms with Gasteiger partial charge in [0.1, 0.15) is 10.7 Å². The molecule has 4 rings (SSSR count). The highest BCUT2D eigenvalue weighted by Crippen LogP contribution is 2.33. The van der Waals surface area contributed by atoms with Crippen molar-refractivity contribution >= 4 is 22.1 Å². The average molecular weight is 357 g/mol. The smallest absolute Gasteiger partial charge is 0.257 e. The summed E-state index contributed by atoms with van der Waals surface area (Å²) in [6.07, 6.45) is 3.92. The standard InChI is InChI=1S/C18H23N5OS/c1-11-10-25-18-16(19-13(3)23(11)18)14-6-5-7-22(8-14)17(24)15-9-21(4)20-12(15)2/h9-10,14H,5-8H2,1-4H3/t14-/m1/s1. The van der Waals surface area contributed by atoms with E-state index < -0.39 is 0 Å². The number of aryl methyl sites for hydroxylation is 4. The number of fused-ring (bicyclic) bond motifs is 1. The molecule has 1 amide bonds. The Morgan fingerprint density at radius 1 is 1.32 bits per heavy atom. The molecule has 0 bridgehead atoms. The van der Waals surface area contributed by atoms with Crippen LogP contribution in [0, 0.1) is 20.8 Å². The number of piperidine rings is 1. The number of carbonyl (C=O) groups excluding carboxylic acids is 1. The minimum absolute atomic E-state index is 0.0878. The summed E-state index contributed by atoms with van der Waals surface area (Å²) < 4.78 is 3.94. The SMILES string of the molecule is Cc1nn(C)cc1C(=O)N1CCC[C@@H](c2nc(C)n3c(C)csc23)C1. The van der Waals surface area contributed by atoms with Gasteiger partial charge in [0, 0.05) is 43.3 Å². The summed E-state index contributed by atoms with van der Waals surface area (Å²) in [7, 11) is 1.85. The molecule has 1 aliphatic heterocycles. The molecule has 7 heteroatoms. The maximum Gasteiger partial charge on any atom is 0.257 e. The lowest BCUT2D eigenvalue weighted by Gasteiger charge is -2.32. The van der Waals surface area contributed by atoms with Crippen LogP contribution in [0.15, 0.2) is 11.6 Å². The molecular formula is C18H23N5OS. The minimum Gasteiger partial charge on any atom is -0.338 e. The molecule has 1 atom stereocenters. The second kappa shape index (κ2) is 5.98. The number of nitrogens with zero attached hydrogens (tertiary/aromatic N) is 5. The van der Waals surface area contributed by atoms with Gasteiger partial charge in [-0.25, -0.2) is 4.98 Å². The fraction of sp³-hybridized carbons (Fsp3) is 0.500. The van der Waals surface area contributed by atoms with Gasteiger partial charge in [0.25, 0.3) is 5.91 Å².